The molecule has 0 saturated heterocycles. The molecule has 0 radical (unpaired) electrons. The molecule has 8 heteroatoms. The number of nitrogens with one attached hydrogen (secondary N) is 1. The molecule has 0 heterocycles. The molecule has 1 aromatic carbocycles. The molecule has 0 unspecified atom stereocenters. The minimum atomic E-state index is -4.27. The van der Waals surface area contributed by atoms with Crippen molar-refractivity contribution in [3.63, 3.8) is 0 Å². The highest BCUT2D eigenvalue weighted by Crippen LogP contribution is 2.21. The molecule has 0 fully saturated rings. The number of aryl methyl sites for hydroxylation is 1. The van der Waals surface area contributed by atoms with Gasteiger partial charge in [0, 0.05) is 19.5 Å². The van der Waals surface area contributed by atoms with Crippen molar-refractivity contribution < 1.29 is 21.6 Å². The highest BCUT2D eigenvalue weighted by molar-refractivity contribution is 7.89. The van der Waals surface area contributed by atoms with Crippen LogP contribution in [-0.2, 0) is 16.6 Å². The third-order valence-corrected chi connectivity index (χ3v) is 4.23. The van der Waals surface area contributed by atoms with Crippen LogP contribution in [0.3, 0.4) is 0 Å². The molecule has 4 nitrogen and oxygen atoms in total. The average Bonchev–Trinajstić information content (AvgIpc) is 2.33. The number of halogens is 3. The summed E-state index contributed by atoms with van der Waals surface area (Å²) in [5.74, 6) is 0. The Bertz CT molecular complexity index is 556. The van der Waals surface area contributed by atoms with Crippen molar-refractivity contribution in [2.75, 3.05) is 6.54 Å². The molecule has 0 atom stereocenters. The van der Waals surface area contributed by atoms with Crippen molar-refractivity contribution in [2.24, 2.45) is 5.73 Å². The lowest BCUT2D eigenvalue weighted by molar-refractivity contribution is -0.135. The first kappa shape index (κ1) is 16.9. The third-order valence-electron chi connectivity index (χ3n) is 2.77. The van der Waals surface area contributed by atoms with Gasteiger partial charge in [-0.2, -0.15) is 13.2 Å². The van der Waals surface area contributed by atoms with E-state index < -0.39 is 22.6 Å². The van der Waals surface area contributed by atoms with Gasteiger partial charge in [-0.1, -0.05) is 6.07 Å². The number of rotatable bonds is 6. The molecule has 1 aromatic rings. The quantitative estimate of drug-likeness (QED) is 0.790. The van der Waals surface area contributed by atoms with Gasteiger partial charge >= 0.3 is 6.18 Å². The van der Waals surface area contributed by atoms with Gasteiger partial charge in [-0.3, -0.25) is 0 Å². The van der Waals surface area contributed by atoms with E-state index >= 15 is 0 Å². The van der Waals surface area contributed by atoms with Gasteiger partial charge in [-0.05, 0) is 36.6 Å². The smallest absolute Gasteiger partial charge is 0.326 e. The molecular weight excluding hydrogens is 293 g/mol. The van der Waals surface area contributed by atoms with Crippen LogP contribution in [0.25, 0.3) is 0 Å². The molecule has 0 aliphatic heterocycles. The van der Waals surface area contributed by atoms with Crippen LogP contribution in [0.5, 0.6) is 0 Å². The number of nitrogens with two attached hydrogens (primary N) is 1. The number of sulfonamides is 1. The fourth-order valence-corrected chi connectivity index (χ4v) is 2.80. The summed E-state index contributed by atoms with van der Waals surface area (Å²) in [7, 11) is -3.78. The van der Waals surface area contributed by atoms with Crippen LogP contribution in [0.15, 0.2) is 23.1 Å². The Morgan fingerprint density at radius 2 is 1.95 bits per heavy atom. The summed E-state index contributed by atoms with van der Waals surface area (Å²) < 4.78 is 61.8. The maximum absolute atomic E-state index is 11.9. The molecule has 1 rings (SSSR count). The minimum Gasteiger partial charge on any atom is -0.326 e. The van der Waals surface area contributed by atoms with Crippen molar-refractivity contribution in [1.29, 1.82) is 0 Å². The molecule has 0 saturated carbocycles. The van der Waals surface area contributed by atoms with Crippen molar-refractivity contribution in [3.8, 4) is 0 Å². The maximum Gasteiger partial charge on any atom is 0.389 e. The fraction of sp³-hybridized carbons (Fsp3) is 0.500. The SMILES string of the molecule is Cc1cc(S(=O)(=O)NCCCC(F)(F)F)ccc1CN. The maximum atomic E-state index is 11.9. The Kier molecular flexibility index (Phi) is 5.55. The lowest BCUT2D eigenvalue weighted by Gasteiger charge is -2.10. The van der Waals surface area contributed by atoms with Crippen LogP contribution in [0.1, 0.15) is 24.0 Å². The van der Waals surface area contributed by atoms with Crippen molar-refractivity contribution in [2.45, 2.75) is 37.4 Å². The Morgan fingerprint density at radius 1 is 1.30 bits per heavy atom. The highest BCUT2D eigenvalue weighted by atomic mass is 32.2. The van der Waals surface area contributed by atoms with Crippen molar-refractivity contribution in [1.82, 2.24) is 4.72 Å². The fourth-order valence-electron chi connectivity index (χ4n) is 1.64. The standard InChI is InChI=1S/C12H17F3N2O2S/c1-9-7-11(4-3-10(9)8-16)20(18,19)17-6-2-5-12(13,14)15/h3-4,7,17H,2,5-6,8,16H2,1H3. The lowest BCUT2D eigenvalue weighted by Crippen LogP contribution is -2.26. The summed E-state index contributed by atoms with van der Waals surface area (Å²) in [6.45, 7) is 1.77. The van der Waals surface area contributed by atoms with E-state index in [1.807, 2.05) is 0 Å². The van der Waals surface area contributed by atoms with Gasteiger partial charge in [-0.15, -0.1) is 0 Å². The average molecular weight is 310 g/mol. The van der Waals surface area contributed by atoms with Gasteiger partial charge in [0.15, 0.2) is 0 Å². The molecule has 0 aromatic heterocycles. The Balaban J connectivity index is 2.67. The van der Waals surface area contributed by atoms with E-state index in [0.29, 0.717) is 6.54 Å². The van der Waals surface area contributed by atoms with Gasteiger partial charge < -0.3 is 5.73 Å². The minimum absolute atomic E-state index is 0.0270. The molecular formula is C12H17F3N2O2S. The molecule has 0 amide bonds. The second-order valence-corrected chi connectivity index (χ2v) is 6.18. The lowest BCUT2D eigenvalue weighted by atomic mass is 10.1. The topological polar surface area (TPSA) is 72.2 Å². The first-order valence-corrected chi connectivity index (χ1v) is 7.50. The van der Waals surface area contributed by atoms with E-state index in [1.165, 1.54) is 12.1 Å². The first-order chi connectivity index (χ1) is 9.15. The van der Waals surface area contributed by atoms with Crippen LogP contribution in [-0.4, -0.2) is 21.1 Å². The molecule has 20 heavy (non-hydrogen) atoms. The number of alkyl halides is 3. The zero-order valence-electron chi connectivity index (χ0n) is 11.0. The van der Waals surface area contributed by atoms with Gasteiger partial charge in [0.05, 0.1) is 4.90 Å². The molecule has 0 aliphatic rings. The van der Waals surface area contributed by atoms with E-state index in [9.17, 15) is 21.6 Å². The molecule has 3 N–H and O–H groups in total. The van der Waals surface area contributed by atoms with Crippen LogP contribution >= 0.6 is 0 Å². The van der Waals surface area contributed by atoms with E-state index in [1.54, 1.807) is 13.0 Å². The first-order valence-electron chi connectivity index (χ1n) is 6.02. The summed E-state index contributed by atoms with van der Waals surface area (Å²) >= 11 is 0. The van der Waals surface area contributed by atoms with E-state index in [2.05, 4.69) is 4.72 Å². The largest absolute Gasteiger partial charge is 0.389 e. The van der Waals surface area contributed by atoms with E-state index in [0.717, 1.165) is 11.1 Å². The van der Waals surface area contributed by atoms with Crippen molar-refractivity contribution >= 4 is 10.0 Å². The summed E-state index contributed by atoms with van der Waals surface area (Å²) in [5, 5.41) is 0. The molecule has 0 bridgehead atoms. The monoisotopic (exact) mass is 310 g/mol. The summed E-state index contributed by atoms with van der Waals surface area (Å²) in [5.41, 5.74) is 7.02. The van der Waals surface area contributed by atoms with Crippen LogP contribution in [0.4, 0.5) is 13.2 Å². The normalized spacial score (nSPS) is 12.7. The van der Waals surface area contributed by atoms with E-state index in [4.69, 9.17) is 5.73 Å². The zero-order chi connectivity index (χ0) is 15.4. The Labute approximate surface area is 116 Å². The van der Waals surface area contributed by atoms with Crippen LogP contribution in [0, 0.1) is 6.92 Å². The van der Waals surface area contributed by atoms with Gasteiger partial charge in [0.2, 0.25) is 10.0 Å². The Morgan fingerprint density at radius 3 is 2.45 bits per heavy atom. The molecule has 0 spiro atoms. The Hall–Kier alpha value is -1.12. The number of benzene rings is 1. The molecule has 114 valence electrons. The van der Waals surface area contributed by atoms with Crippen LogP contribution in [0.2, 0.25) is 0 Å². The van der Waals surface area contributed by atoms with Gasteiger partial charge in [0.1, 0.15) is 0 Å². The summed E-state index contributed by atoms with van der Waals surface area (Å²) in [6.07, 6.45) is -5.58. The predicted octanol–water partition coefficient (Wildman–Crippen LogP) is 2.07. The highest BCUT2D eigenvalue weighted by Gasteiger charge is 2.26. The van der Waals surface area contributed by atoms with E-state index in [-0.39, 0.29) is 17.9 Å². The van der Waals surface area contributed by atoms with Crippen molar-refractivity contribution in [3.05, 3.63) is 29.3 Å². The second kappa shape index (κ2) is 6.55. The van der Waals surface area contributed by atoms with Crippen LogP contribution < -0.4 is 10.5 Å². The summed E-state index contributed by atoms with van der Waals surface area (Å²) in [6, 6.07) is 4.44. The summed E-state index contributed by atoms with van der Waals surface area (Å²) in [4.78, 5) is 0.0270. The third kappa shape index (κ3) is 5.10. The zero-order valence-corrected chi connectivity index (χ0v) is 11.8. The van der Waals surface area contributed by atoms with Gasteiger partial charge in [0.25, 0.3) is 0 Å². The molecule has 0 aliphatic carbocycles. The predicted molar refractivity (Wildman–Crippen MR) is 69.5 cm³/mol. The number of hydrogen-bond donors (Lipinski definition) is 2. The van der Waals surface area contributed by atoms with Gasteiger partial charge in [-0.25, -0.2) is 13.1 Å². The second-order valence-electron chi connectivity index (χ2n) is 4.41. The number of hydrogen-bond acceptors (Lipinski definition) is 3.